The number of piperidine rings is 1. The lowest BCUT2D eigenvalue weighted by Gasteiger charge is -2.26. The molecule has 0 spiro atoms. The summed E-state index contributed by atoms with van der Waals surface area (Å²) in [6, 6.07) is 12.7. The molecule has 9 nitrogen and oxygen atoms in total. The van der Waals surface area contributed by atoms with Crippen LogP contribution >= 0.6 is 0 Å². The van der Waals surface area contributed by atoms with Gasteiger partial charge < -0.3 is 15.8 Å². The van der Waals surface area contributed by atoms with Crippen LogP contribution in [0.1, 0.15) is 79.8 Å². The third kappa shape index (κ3) is 7.75. The number of benzene rings is 2. The van der Waals surface area contributed by atoms with E-state index in [9.17, 15) is 13.2 Å². The van der Waals surface area contributed by atoms with Crippen molar-refractivity contribution < 1.29 is 23.1 Å². The Hall–Kier alpha value is -3.21. The number of hydrogen-bond donors (Lipinski definition) is 3. The quantitative estimate of drug-likeness (QED) is 0.361. The van der Waals surface area contributed by atoms with Crippen LogP contribution in [-0.2, 0) is 21.4 Å². The second-order valence-electron chi connectivity index (χ2n) is 11.0. The molecule has 0 bridgehead atoms. The van der Waals surface area contributed by atoms with Crippen LogP contribution in [0.3, 0.4) is 0 Å². The van der Waals surface area contributed by atoms with E-state index in [0.29, 0.717) is 18.7 Å². The maximum Gasteiger partial charge on any atom is 0.300 e. The second kappa shape index (κ2) is 13.6. The Kier molecular flexibility index (Phi) is 10.2. The molecule has 3 aromatic rings. The minimum Gasteiger partial charge on any atom is -0.481 e. The number of aliphatic carboxylic acids is 1. The third-order valence-electron chi connectivity index (χ3n) is 8.11. The first kappa shape index (κ1) is 30.7. The van der Waals surface area contributed by atoms with E-state index < -0.39 is 21.9 Å². The molecule has 1 atom stereocenters. The molecule has 2 aliphatic rings. The Morgan fingerprint density at radius 3 is 2.29 bits per heavy atom. The lowest BCUT2D eigenvalue weighted by atomic mass is 9.90. The van der Waals surface area contributed by atoms with E-state index in [4.69, 9.17) is 15.6 Å². The van der Waals surface area contributed by atoms with E-state index >= 15 is 0 Å². The Balaban J connectivity index is 0.000000909. The van der Waals surface area contributed by atoms with Gasteiger partial charge in [-0.2, -0.15) is 0 Å². The number of amides is 1. The first-order chi connectivity index (χ1) is 19.6. The number of carbonyl (C=O) groups excluding carboxylic acids is 1. The number of hydrogen-bond acceptors (Lipinski definition) is 5. The molecule has 1 amide bonds. The van der Waals surface area contributed by atoms with Crippen molar-refractivity contribution in [2.45, 2.75) is 64.8 Å². The van der Waals surface area contributed by atoms with Gasteiger partial charge in [-0.15, -0.1) is 0 Å². The van der Waals surface area contributed by atoms with Gasteiger partial charge >= 0.3 is 0 Å². The van der Waals surface area contributed by atoms with Crippen molar-refractivity contribution in [3.63, 3.8) is 0 Å². The summed E-state index contributed by atoms with van der Waals surface area (Å²) in [5, 5.41) is 8.42. The number of carboxylic acids is 1. The van der Waals surface area contributed by atoms with Gasteiger partial charge in [-0.3, -0.25) is 14.5 Å². The van der Waals surface area contributed by atoms with Gasteiger partial charge in [-0.1, -0.05) is 30.7 Å². The number of nitrogens with two attached hydrogens (primary N) is 1. The van der Waals surface area contributed by atoms with Gasteiger partial charge in [0.05, 0.1) is 16.8 Å². The van der Waals surface area contributed by atoms with E-state index in [0.717, 1.165) is 60.3 Å². The van der Waals surface area contributed by atoms with Crippen LogP contribution in [-0.4, -0.2) is 71.5 Å². The van der Waals surface area contributed by atoms with Gasteiger partial charge in [-0.05, 0) is 92.4 Å². The molecule has 2 saturated heterocycles. The number of nitrogens with zero attached hydrogens (tertiary/aromatic N) is 2. The molecular weight excluding hydrogens is 540 g/mol. The summed E-state index contributed by atoms with van der Waals surface area (Å²) in [5.41, 5.74) is 11.5. The van der Waals surface area contributed by atoms with Crippen LogP contribution < -0.4 is 5.73 Å². The first-order valence-corrected chi connectivity index (χ1v) is 16.1. The number of sulfonamides is 1. The Bertz CT molecular complexity index is 1460. The molecule has 0 radical (unpaired) electrons. The average molecular weight is 583 g/mol. The summed E-state index contributed by atoms with van der Waals surface area (Å²) in [4.78, 5) is 27.2. The predicted octanol–water partition coefficient (Wildman–Crippen LogP) is 4.93. The van der Waals surface area contributed by atoms with E-state index in [2.05, 4.69) is 40.2 Å². The van der Waals surface area contributed by atoms with Crippen LogP contribution in [0.25, 0.3) is 22.0 Å². The number of nitrogens with one attached hydrogen (secondary N) is 1. The van der Waals surface area contributed by atoms with Crippen molar-refractivity contribution >= 4 is 32.8 Å². The van der Waals surface area contributed by atoms with Gasteiger partial charge in [0.1, 0.15) is 0 Å². The van der Waals surface area contributed by atoms with Crippen LogP contribution in [0, 0.1) is 0 Å². The normalized spacial score (nSPS) is 18.8. The highest BCUT2D eigenvalue weighted by molar-refractivity contribution is 7.89. The lowest BCUT2D eigenvalue weighted by molar-refractivity contribution is -0.134. The summed E-state index contributed by atoms with van der Waals surface area (Å²) >= 11 is 0. The van der Waals surface area contributed by atoms with Crippen LogP contribution in [0.4, 0.5) is 0 Å². The van der Waals surface area contributed by atoms with E-state index in [1.165, 1.54) is 37.9 Å². The second-order valence-corrected chi connectivity index (χ2v) is 13.3. The number of fused-ring (bicyclic) bond motifs is 1. The zero-order valence-electron chi connectivity index (χ0n) is 24.1. The average Bonchev–Trinajstić information content (AvgIpc) is 3.21. The molecule has 2 aromatic carbocycles. The van der Waals surface area contributed by atoms with Crippen molar-refractivity contribution in [2.24, 2.45) is 5.73 Å². The first-order valence-electron chi connectivity index (χ1n) is 14.5. The van der Waals surface area contributed by atoms with Crippen molar-refractivity contribution in [1.82, 2.24) is 14.2 Å². The number of aromatic nitrogens is 1. The topological polar surface area (TPSA) is 137 Å². The highest BCUT2D eigenvalue weighted by Gasteiger charge is 2.27. The van der Waals surface area contributed by atoms with E-state index in [-0.39, 0.29) is 11.7 Å². The smallest absolute Gasteiger partial charge is 0.300 e. The molecule has 4 N–H and O–H groups in total. The number of likely N-dealkylation sites (tertiary alicyclic amines) is 1. The SMILES string of the molecule is CC(=O)O.CCS(=O)(=O)N1CCCC(c2c[nH]c3c(C(N)=O)cc(-c4ccc(CN5CCCCC5)cc4)cc23)CC1. The fourth-order valence-electron chi connectivity index (χ4n) is 5.97. The zero-order valence-corrected chi connectivity index (χ0v) is 24.9. The number of primary amides is 1. The van der Waals surface area contributed by atoms with Crippen molar-refractivity contribution in [3.8, 4) is 11.1 Å². The van der Waals surface area contributed by atoms with Gasteiger partial charge in [0, 0.05) is 38.1 Å². The summed E-state index contributed by atoms with van der Waals surface area (Å²) in [6.45, 7) is 7.18. The largest absolute Gasteiger partial charge is 0.481 e. The highest BCUT2D eigenvalue weighted by Crippen LogP contribution is 2.37. The maximum absolute atomic E-state index is 12.4. The molecule has 41 heavy (non-hydrogen) atoms. The van der Waals surface area contributed by atoms with Gasteiger partial charge in [0.25, 0.3) is 11.9 Å². The molecule has 0 saturated carbocycles. The highest BCUT2D eigenvalue weighted by atomic mass is 32.2. The Morgan fingerprint density at radius 2 is 1.66 bits per heavy atom. The molecule has 3 heterocycles. The number of H-pyrrole nitrogens is 1. The summed E-state index contributed by atoms with van der Waals surface area (Å²) in [7, 11) is -3.19. The minimum absolute atomic E-state index is 0.132. The molecule has 222 valence electrons. The summed E-state index contributed by atoms with van der Waals surface area (Å²) in [6.07, 6.45) is 8.35. The van der Waals surface area contributed by atoms with Gasteiger partial charge in [0.2, 0.25) is 10.0 Å². The molecular formula is C31H42N4O5S. The summed E-state index contributed by atoms with van der Waals surface area (Å²) < 4.78 is 26.5. The van der Waals surface area contributed by atoms with Crippen LogP contribution in [0.5, 0.6) is 0 Å². The number of carboxylic acid groups (broad SMARTS) is 1. The van der Waals surface area contributed by atoms with Gasteiger partial charge in [0.15, 0.2) is 0 Å². The van der Waals surface area contributed by atoms with Gasteiger partial charge in [-0.25, -0.2) is 12.7 Å². The molecule has 5 rings (SSSR count). The fraction of sp³-hybridized carbons (Fsp3) is 0.484. The molecule has 1 aromatic heterocycles. The van der Waals surface area contributed by atoms with Crippen LogP contribution in [0.15, 0.2) is 42.6 Å². The maximum atomic E-state index is 12.4. The molecule has 10 heteroatoms. The summed E-state index contributed by atoms with van der Waals surface area (Å²) in [5.74, 6) is -0.941. The van der Waals surface area contributed by atoms with Crippen LogP contribution in [0.2, 0.25) is 0 Å². The van der Waals surface area contributed by atoms with Crippen molar-refractivity contribution in [1.29, 1.82) is 0 Å². The zero-order chi connectivity index (χ0) is 29.6. The monoisotopic (exact) mass is 582 g/mol. The minimum atomic E-state index is -3.19. The molecule has 2 fully saturated rings. The van der Waals surface area contributed by atoms with E-state index in [1.54, 1.807) is 11.2 Å². The van der Waals surface area contributed by atoms with Crippen molar-refractivity contribution in [3.05, 3.63) is 59.3 Å². The lowest BCUT2D eigenvalue weighted by Crippen LogP contribution is -2.33. The Morgan fingerprint density at radius 1 is 0.976 bits per heavy atom. The standard InChI is InChI=1S/C29H38N4O3S.C2H4O2/c1-2-37(35,36)33-15-6-7-23(12-16-33)27-19-31-28-25(27)17-24(18-26(28)29(30)34)22-10-8-21(9-11-22)20-32-13-4-3-5-14-32;1-2(3)4/h8-11,17-19,23,31H,2-7,12-16,20H2,1H3,(H2,30,34);1H3,(H,3,4). The number of aromatic amines is 1. The van der Waals surface area contributed by atoms with Crippen molar-refractivity contribution in [2.75, 3.05) is 31.9 Å². The predicted molar refractivity (Wildman–Crippen MR) is 162 cm³/mol. The third-order valence-corrected chi connectivity index (χ3v) is 10.00. The molecule has 0 aliphatic carbocycles. The van der Waals surface area contributed by atoms with E-state index in [1.807, 2.05) is 12.3 Å². The fourth-order valence-corrected chi connectivity index (χ4v) is 7.13. The Labute approximate surface area is 242 Å². The number of rotatable bonds is 7. The molecule has 1 unspecified atom stereocenters. The number of carbonyl (C=O) groups is 2. The molecule has 2 aliphatic heterocycles.